The Morgan fingerprint density at radius 1 is 1.18 bits per heavy atom. The van der Waals surface area contributed by atoms with Crippen LogP contribution in [0.5, 0.6) is 5.75 Å². The van der Waals surface area contributed by atoms with Crippen LogP contribution < -0.4 is 4.74 Å². The normalized spacial score (nSPS) is 19.8. The van der Waals surface area contributed by atoms with Crippen molar-refractivity contribution in [3.05, 3.63) is 23.5 Å². The summed E-state index contributed by atoms with van der Waals surface area (Å²) >= 11 is 0. The lowest BCUT2D eigenvalue weighted by Crippen LogP contribution is -2.29. The van der Waals surface area contributed by atoms with Gasteiger partial charge in [0, 0.05) is 20.1 Å². The highest BCUT2D eigenvalue weighted by molar-refractivity contribution is 5.68. The molecule has 2 aromatic heterocycles. The zero-order valence-corrected chi connectivity index (χ0v) is 19.9. The minimum atomic E-state index is -0.253. The minimum Gasteiger partial charge on any atom is -0.492 e. The van der Waals surface area contributed by atoms with Gasteiger partial charge in [-0.3, -0.25) is 0 Å². The molecule has 0 unspecified atom stereocenters. The number of hydrogen-bond donors (Lipinski definition) is 0. The monoisotopic (exact) mass is 453 g/mol. The molecule has 5 rings (SSSR count). The predicted octanol–water partition coefficient (Wildman–Crippen LogP) is 4.66. The van der Waals surface area contributed by atoms with Crippen LogP contribution in [-0.4, -0.2) is 50.7 Å². The van der Waals surface area contributed by atoms with Crippen LogP contribution in [0.4, 0.5) is 4.79 Å². The molecule has 0 bridgehead atoms. The largest absolute Gasteiger partial charge is 0.492 e. The van der Waals surface area contributed by atoms with Crippen LogP contribution in [0.2, 0.25) is 0 Å². The molecule has 33 heavy (non-hydrogen) atoms. The summed E-state index contributed by atoms with van der Waals surface area (Å²) in [4.78, 5) is 19.1. The fourth-order valence-electron chi connectivity index (χ4n) is 5.28. The first-order valence-corrected chi connectivity index (χ1v) is 12.4. The number of pyridine rings is 1. The first-order valence-electron chi connectivity index (χ1n) is 12.4. The van der Waals surface area contributed by atoms with Gasteiger partial charge in [0.1, 0.15) is 23.7 Å². The molecule has 0 radical (unpaired) electrons. The molecule has 1 spiro atoms. The SMILES string of the molecule is Cc1nc(-c2nnn(C)c2COC(=O)N2CCC3(CC3)C2)ccc1OCCC1CCCCC1. The van der Waals surface area contributed by atoms with Crippen molar-refractivity contribution in [2.75, 3.05) is 19.7 Å². The number of aryl methyl sites for hydroxylation is 2. The number of nitrogens with zero attached hydrogens (tertiary/aromatic N) is 5. The molecule has 178 valence electrons. The van der Waals surface area contributed by atoms with Gasteiger partial charge < -0.3 is 14.4 Å². The summed E-state index contributed by atoms with van der Waals surface area (Å²) in [5.74, 6) is 1.61. The summed E-state index contributed by atoms with van der Waals surface area (Å²) in [5, 5.41) is 8.44. The molecule has 0 N–H and O–H groups in total. The quantitative estimate of drug-likeness (QED) is 0.607. The van der Waals surface area contributed by atoms with Crippen LogP contribution in [0.1, 0.15) is 69.2 Å². The van der Waals surface area contributed by atoms with E-state index in [0.29, 0.717) is 16.8 Å². The van der Waals surface area contributed by atoms with Gasteiger partial charge in [0.2, 0.25) is 0 Å². The van der Waals surface area contributed by atoms with Gasteiger partial charge in [-0.05, 0) is 56.1 Å². The number of carbonyl (C=O) groups excluding carboxylic acids is 1. The fraction of sp³-hybridized carbons (Fsp3) is 0.680. The van der Waals surface area contributed by atoms with E-state index in [1.807, 2.05) is 31.0 Å². The molecule has 3 heterocycles. The Bertz CT molecular complexity index is 994. The first-order chi connectivity index (χ1) is 16.0. The van der Waals surface area contributed by atoms with Crippen LogP contribution in [0, 0.1) is 18.3 Å². The molecule has 1 aliphatic heterocycles. The molecule has 0 aromatic carbocycles. The lowest BCUT2D eigenvalue weighted by molar-refractivity contribution is 0.100. The standard InChI is InChI=1S/C25H35N5O3/c1-18-22(32-15-10-19-6-4-3-5-7-19)9-8-20(26-18)23-21(29(2)28-27-23)16-33-24(31)30-14-13-25(17-30)11-12-25/h8-9,19H,3-7,10-17H2,1-2H3. The average Bonchev–Trinajstić information content (AvgIpc) is 3.28. The highest BCUT2D eigenvalue weighted by atomic mass is 16.6. The van der Waals surface area contributed by atoms with E-state index in [2.05, 4.69) is 10.3 Å². The zero-order chi connectivity index (χ0) is 22.8. The van der Waals surface area contributed by atoms with E-state index in [0.717, 1.165) is 55.6 Å². The highest BCUT2D eigenvalue weighted by Crippen LogP contribution is 2.52. The molecule has 2 saturated carbocycles. The Labute approximate surface area is 195 Å². The lowest BCUT2D eigenvalue weighted by atomic mass is 9.87. The smallest absolute Gasteiger partial charge is 0.410 e. The summed E-state index contributed by atoms with van der Waals surface area (Å²) < 4.78 is 13.3. The van der Waals surface area contributed by atoms with Gasteiger partial charge in [-0.1, -0.05) is 37.3 Å². The van der Waals surface area contributed by atoms with Crippen molar-refractivity contribution in [3.8, 4) is 17.1 Å². The number of hydrogen-bond acceptors (Lipinski definition) is 6. The summed E-state index contributed by atoms with van der Waals surface area (Å²) in [5.41, 5.74) is 3.31. The Morgan fingerprint density at radius 3 is 2.73 bits per heavy atom. The minimum absolute atomic E-state index is 0.127. The summed E-state index contributed by atoms with van der Waals surface area (Å²) in [6.07, 6.45) is 11.2. The van der Waals surface area contributed by atoms with Crippen molar-refractivity contribution >= 4 is 6.09 Å². The van der Waals surface area contributed by atoms with Crippen LogP contribution in [0.25, 0.3) is 11.4 Å². The molecule has 3 aliphatic rings. The Kier molecular flexibility index (Phi) is 6.25. The Morgan fingerprint density at radius 2 is 2.00 bits per heavy atom. The number of rotatable bonds is 7. The van der Waals surface area contributed by atoms with Gasteiger partial charge in [-0.25, -0.2) is 14.5 Å². The van der Waals surface area contributed by atoms with E-state index < -0.39 is 0 Å². The average molecular weight is 454 g/mol. The number of likely N-dealkylation sites (tertiary alicyclic amines) is 1. The van der Waals surface area contributed by atoms with E-state index in [1.54, 1.807) is 4.68 Å². The van der Waals surface area contributed by atoms with Gasteiger partial charge in [-0.2, -0.15) is 0 Å². The van der Waals surface area contributed by atoms with Crippen molar-refractivity contribution in [2.24, 2.45) is 18.4 Å². The van der Waals surface area contributed by atoms with Gasteiger partial charge in [0.15, 0.2) is 0 Å². The van der Waals surface area contributed by atoms with Crippen LogP contribution in [0.15, 0.2) is 12.1 Å². The number of carbonyl (C=O) groups is 1. The number of amides is 1. The van der Waals surface area contributed by atoms with Crippen molar-refractivity contribution < 1.29 is 14.3 Å². The van der Waals surface area contributed by atoms with Crippen molar-refractivity contribution in [1.29, 1.82) is 0 Å². The maximum absolute atomic E-state index is 12.6. The third-order valence-electron chi connectivity index (χ3n) is 7.72. The maximum atomic E-state index is 12.6. The molecular formula is C25H35N5O3. The van der Waals surface area contributed by atoms with Gasteiger partial charge in [0.05, 0.1) is 18.0 Å². The van der Waals surface area contributed by atoms with Crippen LogP contribution in [-0.2, 0) is 18.4 Å². The third-order valence-corrected chi connectivity index (χ3v) is 7.72. The van der Waals surface area contributed by atoms with Crippen LogP contribution in [0.3, 0.4) is 0 Å². The zero-order valence-electron chi connectivity index (χ0n) is 19.9. The molecule has 1 amide bonds. The molecule has 2 aliphatic carbocycles. The second-order valence-corrected chi connectivity index (χ2v) is 10.2. The Hall–Kier alpha value is -2.64. The van der Waals surface area contributed by atoms with Crippen molar-refractivity contribution in [3.63, 3.8) is 0 Å². The molecule has 8 nitrogen and oxygen atoms in total. The second kappa shape index (κ2) is 9.31. The highest BCUT2D eigenvalue weighted by Gasteiger charge is 2.49. The second-order valence-electron chi connectivity index (χ2n) is 10.2. The predicted molar refractivity (Wildman–Crippen MR) is 124 cm³/mol. The topological polar surface area (TPSA) is 82.4 Å². The fourth-order valence-corrected chi connectivity index (χ4v) is 5.28. The third kappa shape index (κ3) is 4.99. The van der Waals surface area contributed by atoms with E-state index in [-0.39, 0.29) is 12.7 Å². The summed E-state index contributed by atoms with van der Waals surface area (Å²) in [6, 6.07) is 3.87. The summed E-state index contributed by atoms with van der Waals surface area (Å²) in [7, 11) is 1.81. The van der Waals surface area contributed by atoms with E-state index in [1.165, 1.54) is 44.9 Å². The van der Waals surface area contributed by atoms with Gasteiger partial charge in [0.25, 0.3) is 0 Å². The lowest BCUT2D eigenvalue weighted by Gasteiger charge is -2.21. The van der Waals surface area contributed by atoms with Crippen LogP contribution >= 0.6 is 0 Å². The maximum Gasteiger partial charge on any atom is 0.410 e. The van der Waals surface area contributed by atoms with Crippen molar-refractivity contribution in [2.45, 2.75) is 71.3 Å². The Balaban J connectivity index is 1.19. The van der Waals surface area contributed by atoms with E-state index in [4.69, 9.17) is 14.5 Å². The van der Waals surface area contributed by atoms with Gasteiger partial charge in [-0.15, -0.1) is 5.10 Å². The number of aromatic nitrogens is 4. The molecule has 2 aromatic rings. The molecular weight excluding hydrogens is 418 g/mol. The molecule has 1 saturated heterocycles. The van der Waals surface area contributed by atoms with E-state index in [9.17, 15) is 4.79 Å². The first kappa shape index (κ1) is 22.2. The molecule has 0 atom stereocenters. The van der Waals surface area contributed by atoms with Crippen molar-refractivity contribution in [1.82, 2.24) is 24.9 Å². The summed E-state index contributed by atoms with van der Waals surface area (Å²) in [6.45, 7) is 4.43. The van der Waals surface area contributed by atoms with E-state index >= 15 is 0 Å². The molecule has 8 heteroatoms. The number of ether oxygens (including phenoxy) is 2. The van der Waals surface area contributed by atoms with Gasteiger partial charge >= 0.3 is 6.09 Å². The molecule has 3 fully saturated rings.